The van der Waals surface area contributed by atoms with Crippen molar-refractivity contribution in [3.63, 3.8) is 0 Å². The molecule has 0 radical (unpaired) electrons. The van der Waals surface area contributed by atoms with E-state index in [4.69, 9.17) is 47.4 Å². The lowest BCUT2D eigenvalue weighted by Gasteiger charge is -2.71. The summed E-state index contributed by atoms with van der Waals surface area (Å²) in [4.78, 5) is 28.0. The Hall–Kier alpha value is -2.28. The summed E-state index contributed by atoms with van der Waals surface area (Å²) in [7, 11) is 0. The van der Waals surface area contributed by atoms with Crippen LogP contribution in [0.4, 0.5) is 0 Å². The van der Waals surface area contributed by atoms with Crippen LogP contribution < -0.4 is 0 Å². The van der Waals surface area contributed by atoms with Gasteiger partial charge in [-0.1, -0.05) is 60.1 Å². The van der Waals surface area contributed by atoms with E-state index in [0.717, 1.165) is 5.57 Å². The van der Waals surface area contributed by atoms with Crippen molar-refractivity contribution in [2.24, 2.45) is 50.2 Å². The maximum Gasteiger partial charge on any atom is 0.335 e. The van der Waals surface area contributed by atoms with E-state index >= 15 is 0 Å². The highest BCUT2D eigenvalue weighted by Gasteiger charge is 2.72. The number of rotatable bonds is 13. The molecule has 32 atom stereocenters. The molecule has 0 aromatic rings. The van der Waals surface area contributed by atoms with Crippen molar-refractivity contribution < 1.29 is 139 Å². The molecule has 0 spiro atoms. The van der Waals surface area contributed by atoms with Crippen molar-refractivity contribution in [3.05, 3.63) is 11.6 Å². The zero-order chi connectivity index (χ0) is 62.9. The van der Waals surface area contributed by atoms with Crippen LogP contribution in [-0.2, 0) is 57.0 Å². The van der Waals surface area contributed by atoms with Crippen molar-refractivity contribution >= 4 is 11.9 Å². The van der Waals surface area contributed by atoms with Gasteiger partial charge in [0.25, 0.3) is 0 Å². The van der Waals surface area contributed by atoms with Crippen LogP contribution in [0.2, 0.25) is 0 Å². The second-order valence-electron chi connectivity index (χ2n) is 28.3. The summed E-state index contributed by atoms with van der Waals surface area (Å²) < 4.78 is 60.1. The second kappa shape index (κ2) is 24.3. The maximum atomic E-state index is 14.9. The number of hydrogen-bond donors (Lipinski definition) is 16. The molecule has 28 nitrogen and oxygen atoms in total. The third kappa shape index (κ3) is 10.9. The Labute approximate surface area is 497 Å². The number of aliphatic hydroxyl groups is 15. The maximum absolute atomic E-state index is 14.9. The fourth-order valence-corrected chi connectivity index (χ4v) is 17.5. The van der Waals surface area contributed by atoms with Gasteiger partial charge >= 0.3 is 11.9 Å². The number of aliphatic hydroxyl groups excluding tert-OH is 15. The lowest BCUT2D eigenvalue weighted by atomic mass is 9.33. The van der Waals surface area contributed by atoms with Gasteiger partial charge in [-0.25, -0.2) is 4.79 Å². The molecule has 10 aliphatic rings. The number of ether oxygens (including phenoxy) is 10. The van der Waals surface area contributed by atoms with E-state index in [1.54, 1.807) is 0 Å². The van der Waals surface area contributed by atoms with Gasteiger partial charge in [-0.05, 0) is 103 Å². The smallest absolute Gasteiger partial charge is 0.335 e. The van der Waals surface area contributed by atoms with Crippen LogP contribution in [0.3, 0.4) is 0 Å². The Morgan fingerprint density at radius 1 is 0.547 bits per heavy atom. The van der Waals surface area contributed by atoms with Crippen LogP contribution in [0, 0.1) is 50.2 Å². The van der Waals surface area contributed by atoms with Crippen LogP contribution in [0.25, 0.3) is 0 Å². The summed E-state index contributed by atoms with van der Waals surface area (Å²) in [5.74, 6) is -3.17. The number of allylic oxidation sites excluding steroid dienone is 2. The van der Waals surface area contributed by atoms with Gasteiger partial charge in [-0.15, -0.1) is 0 Å². The van der Waals surface area contributed by atoms with Gasteiger partial charge in [-0.3, -0.25) is 4.79 Å². The minimum Gasteiger partial charge on any atom is -0.479 e. The molecule has 28 heteroatoms. The lowest BCUT2D eigenvalue weighted by Crippen LogP contribution is -2.69. The van der Waals surface area contributed by atoms with Crippen LogP contribution >= 0.6 is 0 Å². The average Bonchev–Trinajstić information content (AvgIpc) is 0.680. The number of esters is 1. The number of carbonyl (C=O) groups excluding carboxylic acids is 1. The molecule has 0 aromatic heterocycles. The number of carboxylic acid groups (broad SMARTS) is 1. The third-order valence-electron chi connectivity index (χ3n) is 22.7. The first-order valence-electron chi connectivity index (χ1n) is 30.2. The van der Waals surface area contributed by atoms with Crippen LogP contribution in [0.15, 0.2) is 11.6 Å². The molecule has 0 aromatic carbocycles. The largest absolute Gasteiger partial charge is 0.479 e. The molecule has 9 fully saturated rings. The predicted octanol–water partition coefficient (Wildman–Crippen LogP) is -3.87. The van der Waals surface area contributed by atoms with Gasteiger partial charge in [0.1, 0.15) is 109 Å². The van der Waals surface area contributed by atoms with Crippen molar-refractivity contribution in [2.75, 3.05) is 26.4 Å². The van der Waals surface area contributed by atoms with E-state index in [1.165, 1.54) is 0 Å². The molecule has 10 rings (SSSR count). The molecular formula is C58H92O28. The molecular weight excluding hydrogens is 1140 g/mol. The molecule has 0 unspecified atom stereocenters. The predicted molar refractivity (Wildman–Crippen MR) is 285 cm³/mol. The highest BCUT2D eigenvalue weighted by atomic mass is 16.8. The first kappa shape index (κ1) is 66.6. The Morgan fingerprint density at radius 2 is 1.12 bits per heavy atom. The summed E-state index contributed by atoms with van der Waals surface area (Å²) in [6, 6.07) is 0. The molecule has 492 valence electrons. The van der Waals surface area contributed by atoms with E-state index < -0.39 is 225 Å². The minimum atomic E-state index is -2.22. The third-order valence-corrected chi connectivity index (χ3v) is 22.7. The SMILES string of the molecule is CC1(C)CC[C@]2(C(=O)O[C@@H]3O[C@H](CO)[C@@H](O)[C@H](O)[C@H]3O)[C@H](O)C[C@]3(C)C(=CC[C@@H]4[C@@]5(C)CC[C@H](O[C@@H]6O[C@H](C(=O)O)[C@@H](O)[C@H](O[C@@H]7OC[C@H](O)[C@H](O)[C@H]7O[C@@H]7OC[C@@H](O)[C@H](O)[C@H]7O)[C@H]6O[C@@H]6O[C@H](CO)[C@@H](O)[C@H](O)[C@H]6O)C(C)(C)[C@@H]5CC[C@]43C)[C@@H]2C1. The molecule has 5 saturated heterocycles. The van der Waals surface area contributed by atoms with Gasteiger partial charge in [0.15, 0.2) is 31.3 Å². The zero-order valence-electron chi connectivity index (χ0n) is 49.5. The van der Waals surface area contributed by atoms with Crippen LogP contribution in [0.1, 0.15) is 106 Å². The monoisotopic (exact) mass is 1240 g/mol. The zero-order valence-corrected chi connectivity index (χ0v) is 49.5. The van der Waals surface area contributed by atoms with Crippen LogP contribution in [0.5, 0.6) is 0 Å². The topological polar surface area (TPSA) is 450 Å². The fourth-order valence-electron chi connectivity index (χ4n) is 17.5. The van der Waals surface area contributed by atoms with E-state index in [2.05, 4.69) is 40.7 Å². The van der Waals surface area contributed by atoms with Gasteiger partial charge in [0.2, 0.25) is 6.29 Å². The summed E-state index contributed by atoms with van der Waals surface area (Å²) in [5, 5.41) is 174. The van der Waals surface area contributed by atoms with E-state index in [0.29, 0.717) is 44.9 Å². The summed E-state index contributed by atoms with van der Waals surface area (Å²) in [6.45, 7) is 12.2. The molecule has 16 N–H and O–H groups in total. The molecule has 0 amide bonds. The van der Waals surface area contributed by atoms with Crippen molar-refractivity contribution in [1.82, 2.24) is 0 Å². The highest BCUT2D eigenvalue weighted by Crippen LogP contribution is 2.76. The van der Waals surface area contributed by atoms with Gasteiger partial charge < -0.3 is 129 Å². The molecule has 86 heavy (non-hydrogen) atoms. The number of aliphatic carboxylic acids is 1. The van der Waals surface area contributed by atoms with Gasteiger partial charge in [-0.2, -0.15) is 0 Å². The van der Waals surface area contributed by atoms with Crippen molar-refractivity contribution in [3.8, 4) is 0 Å². The summed E-state index contributed by atoms with van der Waals surface area (Å²) >= 11 is 0. The minimum absolute atomic E-state index is 0.0226. The van der Waals surface area contributed by atoms with E-state index in [9.17, 15) is 91.3 Å². The standard InChI is InChI=1S/C58H92O28/c1-53(2)14-15-58(52(76)86-49-40(72)37(69)35(67)27(19-60)80-49)23(16-53)22-8-9-29-55(5)12-11-31(54(3,4)28(55)10-13-56(29,6)57(22,7)17-30(58)63)81-51-45(85-48-39(71)36(68)34(66)26(18-59)79-48)42(41(73)43(83-51)46(74)75)82-50-44(33(65)25(62)21-78-50)84-47-38(70)32(64)24(61)20-77-47/h8,23-45,47-51,59-73H,9-21H2,1-7H3,(H,74,75)/t23-,24+,25-,26+,27+,28-,29+,30+,31-,32-,33-,34+,35+,36-,37-,38+,39+,40+,41-,42-,43-,44+,45+,47-,48-,49-,50-,51+,55-,56+,57+,58+/m0/s1. The Kier molecular flexibility index (Phi) is 18.8. The Balaban J connectivity index is 0.947. The summed E-state index contributed by atoms with van der Waals surface area (Å²) in [5.41, 5.74) is -3.11. The Bertz CT molecular complexity index is 2450. The fraction of sp³-hybridized carbons (Fsp3) is 0.931. The Morgan fingerprint density at radius 3 is 1.74 bits per heavy atom. The molecule has 0 bridgehead atoms. The van der Waals surface area contributed by atoms with Crippen molar-refractivity contribution in [2.45, 2.75) is 260 Å². The van der Waals surface area contributed by atoms with Crippen LogP contribution in [-0.4, -0.2) is 274 Å². The molecule has 5 aliphatic carbocycles. The first-order chi connectivity index (χ1) is 40.2. The quantitative estimate of drug-likeness (QED) is 0.0477. The number of carbonyl (C=O) groups is 2. The lowest BCUT2D eigenvalue weighted by molar-refractivity contribution is -0.399. The number of carboxylic acids is 1. The van der Waals surface area contributed by atoms with E-state index in [1.807, 2.05) is 13.8 Å². The van der Waals surface area contributed by atoms with Gasteiger partial charge in [0, 0.05) is 0 Å². The first-order valence-corrected chi connectivity index (χ1v) is 30.2. The molecule has 5 heterocycles. The van der Waals surface area contributed by atoms with Crippen molar-refractivity contribution in [1.29, 1.82) is 0 Å². The number of hydrogen-bond acceptors (Lipinski definition) is 27. The highest BCUT2D eigenvalue weighted by molar-refractivity contribution is 5.80. The van der Waals surface area contributed by atoms with Gasteiger partial charge in [0.05, 0.1) is 38.6 Å². The molecule has 5 aliphatic heterocycles. The van der Waals surface area contributed by atoms with E-state index in [-0.39, 0.29) is 30.1 Å². The number of fused-ring (bicyclic) bond motifs is 7. The normalized spacial score (nSPS) is 53.6. The molecule has 4 saturated carbocycles. The summed E-state index contributed by atoms with van der Waals surface area (Å²) in [6.07, 6.45) is -37.7. The second-order valence-corrected chi connectivity index (χ2v) is 28.3. The average molecular weight is 1240 g/mol.